The van der Waals surface area contributed by atoms with Crippen LogP contribution in [0, 0.1) is 11.3 Å². The number of aromatic nitrogens is 2. The third-order valence-electron chi connectivity index (χ3n) is 5.61. The predicted octanol–water partition coefficient (Wildman–Crippen LogP) is 2.38. The van der Waals surface area contributed by atoms with Crippen LogP contribution in [-0.4, -0.2) is 47.9 Å². The minimum atomic E-state index is -3.37. The number of hydrogen-bond donors (Lipinski definition) is 1. The zero-order valence-electron chi connectivity index (χ0n) is 16.1. The number of hydrogen-bond acceptors (Lipinski definition) is 8. The Bertz CT molecular complexity index is 957. The topological polar surface area (TPSA) is 111 Å². The summed E-state index contributed by atoms with van der Waals surface area (Å²) in [4.78, 5) is 14.8. The standard InChI is InChI=1S/C19H24N6O3S/c1-2-29(26,27)24-9-7-15(8-10-24)22-19-21-13-14-11-17(12-20)28-25(18(14)23-19)16-5-3-4-6-16/h2,11,13,15-16H,1,3-10H2,(H,21,22,23). The number of nitriles is 1. The minimum Gasteiger partial charge on any atom is -0.366 e. The van der Waals surface area contributed by atoms with Crippen LogP contribution in [0.15, 0.2) is 23.9 Å². The van der Waals surface area contributed by atoms with E-state index in [0.717, 1.165) is 36.7 Å². The van der Waals surface area contributed by atoms with Crippen molar-refractivity contribution in [3.8, 4) is 6.07 Å². The predicted molar refractivity (Wildman–Crippen MR) is 109 cm³/mol. The van der Waals surface area contributed by atoms with Gasteiger partial charge in [0.05, 0.1) is 6.04 Å². The summed E-state index contributed by atoms with van der Waals surface area (Å²) in [6.45, 7) is 4.25. The van der Waals surface area contributed by atoms with Crippen molar-refractivity contribution in [3.05, 3.63) is 29.5 Å². The van der Waals surface area contributed by atoms with Gasteiger partial charge in [-0.25, -0.2) is 13.4 Å². The fraction of sp³-hybridized carbons (Fsp3) is 0.526. The first-order valence-corrected chi connectivity index (χ1v) is 11.4. The summed E-state index contributed by atoms with van der Waals surface area (Å²) in [6, 6.07) is 2.34. The summed E-state index contributed by atoms with van der Waals surface area (Å²) in [5.41, 5.74) is 0.761. The molecule has 1 aromatic heterocycles. The molecule has 1 aromatic rings. The third-order valence-corrected chi connectivity index (χ3v) is 7.12. The summed E-state index contributed by atoms with van der Waals surface area (Å²) in [5.74, 6) is 1.39. The van der Waals surface area contributed by atoms with Gasteiger partial charge >= 0.3 is 0 Å². The van der Waals surface area contributed by atoms with Crippen molar-refractivity contribution in [2.24, 2.45) is 0 Å². The highest BCUT2D eigenvalue weighted by atomic mass is 32.2. The van der Waals surface area contributed by atoms with Crippen LogP contribution in [0.25, 0.3) is 6.08 Å². The molecule has 0 amide bonds. The molecular formula is C19H24N6O3S. The number of hydroxylamine groups is 1. The number of anilines is 2. The maximum atomic E-state index is 11.9. The molecule has 154 valence electrons. The smallest absolute Gasteiger partial charge is 0.235 e. The molecule has 2 fully saturated rings. The van der Waals surface area contributed by atoms with Gasteiger partial charge in [-0.3, -0.25) is 0 Å². The molecule has 3 aliphatic rings. The lowest BCUT2D eigenvalue weighted by molar-refractivity contribution is 0.161. The molecule has 0 unspecified atom stereocenters. The number of piperidine rings is 1. The van der Waals surface area contributed by atoms with E-state index in [1.165, 1.54) is 4.31 Å². The second-order valence-electron chi connectivity index (χ2n) is 7.48. The van der Waals surface area contributed by atoms with E-state index in [4.69, 9.17) is 4.84 Å². The second-order valence-corrected chi connectivity index (χ2v) is 9.36. The van der Waals surface area contributed by atoms with Gasteiger partial charge in [0.25, 0.3) is 0 Å². The van der Waals surface area contributed by atoms with Crippen LogP contribution in [0.5, 0.6) is 0 Å². The molecule has 0 aromatic carbocycles. The Morgan fingerprint density at radius 1 is 1.28 bits per heavy atom. The molecule has 0 radical (unpaired) electrons. The van der Waals surface area contributed by atoms with Gasteiger partial charge in [-0.2, -0.15) is 19.6 Å². The zero-order chi connectivity index (χ0) is 20.4. The molecule has 29 heavy (non-hydrogen) atoms. The highest BCUT2D eigenvalue weighted by molar-refractivity contribution is 7.92. The van der Waals surface area contributed by atoms with Crippen LogP contribution in [0.2, 0.25) is 0 Å². The van der Waals surface area contributed by atoms with Crippen molar-refractivity contribution in [2.45, 2.75) is 50.6 Å². The van der Waals surface area contributed by atoms with Gasteiger partial charge in [0.2, 0.25) is 21.7 Å². The SMILES string of the molecule is C=CS(=O)(=O)N1CCC(Nc2ncc3c(n2)N(C2CCCC2)OC(C#N)=C3)CC1. The van der Waals surface area contributed by atoms with E-state index in [1.54, 1.807) is 17.3 Å². The summed E-state index contributed by atoms with van der Waals surface area (Å²) in [5, 5.41) is 15.3. The Balaban J connectivity index is 1.49. The van der Waals surface area contributed by atoms with Gasteiger partial charge in [0.1, 0.15) is 6.07 Å². The monoisotopic (exact) mass is 416 g/mol. The van der Waals surface area contributed by atoms with Crippen molar-refractivity contribution in [3.63, 3.8) is 0 Å². The van der Waals surface area contributed by atoms with Crippen LogP contribution in [0.4, 0.5) is 11.8 Å². The van der Waals surface area contributed by atoms with Gasteiger partial charge in [-0.15, -0.1) is 0 Å². The van der Waals surface area contributed by atoms with Gasteiger partial charge in [0, 0.05) is 42.4 Å². The second kappa shape index (κ2) is 8.00. The van der Waals surface area contributed by atoms with E-state index in [0.29, 0.717) is 37.7 Å². The quantitative estimate of drug-likeness (QED) is 0.779. The van der Waals surface area contributed by atoms with Gasteiger partial charge in [0.15, 0.2) is 5.82 Å². The minimum absolute atomic E-state index is 0.0824. The molecule has 1 N–H and O–H groups in total. The molecule has 1 saturated carbocycles. The van der Waals surface area contributed by atoms with E-state index < -0.39 is 10.0 Å². The van der Waals surface area contributed by atoms with E-state index in [1.807, 2.05) is 0 Å². The van der Waals surface area contributed by atoms with E-state index in [2.05, 4.69) is 27.9 Å². The first-order valence-electron chi connectivity index (χ1n) is 9.85. The van der Waals surface area contributed by atoms with Gasteiger partial charge < -0.3 is 10.2 Å². The van der Waals surface area contributed by atoms with Crippen LogP contribution >= 0.6 is 0 Å². The largest absolute Gasteiger partial charge is 0.366 e. The van der Waals surface area contributed by atoms with Gasteiger partial charge in [-0.1, -0.05) is 19.4 Å². The maximum Gasteiger partial charge on any atom is 0.235 e. The highest BCUT2D eigenvalue weighted by Crippen LogP contribution is 2.35. The average molecular weight is 417 g/mol. The molecule has 10 heteroatoms. The fourth-order valence-corrected chi connectivity index (χ4v) is 4.96. The fourth-order valence-electron chi connectivity index (χ4n) is 4.03. The van der Waals surface area contributed by atoms with Crippen molar-refractivity contribution in [2.75, 3.05) is 23.5 Å². The van der Waals surface area contributed by atoms with Crippen molar-refractivity contribution < 1.29 is 13.3 Å². The summed E-state index contributed by atoms with van der Waals surface area (Å²) >= 11 is 0. The zero-order valence-corrected chi connectivity index (χ0v) is 16.9. The Labute approximate surface area is 170 Å². The lowest BCUT2D eigenvalue weighted by Crippen LogP contribution is -2.42. The molecular weight excluding hydrogens is 392 g/mol. The van der Waals surface area contributed by atoms with Crippen molar-refractivity contribution in [1.29, 1.82) is 5.26 Å². The normalized spacial score (nSPS) is 21.1. The number of sulfonamides is 1. The number of nitrogens with one attached hydrogen (secondary N) is 1. The summed E-state index contributed by atoms with van der Waals surface area (Å²) < 4.78 is 25.3. The van der Waals surface area contributed by atoms with Crippen molar-refractivity contribution in [1.82, 2.24) is 14.3 Å². The molecule has 4 rings (SSSR count). The van der Waals surface area contributed by atoms with Crippen molar-refractivity contribution >= 4 is 27.9 Å². The van der Waals surface area contributed by atoms with Crippen LogP contribution in [0.1, 0.15) is 44.1 Å². The Kier molecular flexibility index (Phi) is 5.43. The first kappa shape index (κ1) is 19.7. The Hall–Kier alpha value is -2.64. The van der Waals surface area contributed by atoms with Crippen LogP contribution < -0.4 is 10.4 Å². The van der Waals surface area contributed by atoms with Crippen LogP contribution in [-0.2, 0) is 14.9 Å². The Morgan fingerprint density at radius 2 is 2.00 bits per heavy atom. The molecule has 1 aliphatic carbocycles. The average Bonchev–Trinajstić information content (AvgIpc) is 3.28. The molecule has 0 spiro atoms. The lowest BCUT2D eigenvalue weighted by atomic mass is 10.1. The number of nitrogens with zero attached hydrogens (tertiary/aromatic N) is 5. The molecule has 0 atom stereocenters. The molecule has 0 bridgehead atoms. The summed E-state index contributed by atoms with van der Waals surface area (Å²) in [7, 11) is -3.37. The van der Waals surface area contributed by atoms with E-state index >= 15 is 0 Å². The lowest BCUT2D eigenvalue weighted by Gasteiger charge is -2.33. The summed E-state index contributed by atoms with van der Waals surface area (Å²) in [6.07, 6.45) is 8.95. The first-order chi connectivity index (χ1) is 14.0. The number of allylic oxidation sites excluding steroid dienone is 1. The maximum absolute atomic E-state index is 11.9. The highest BCUT2D eigenvalue weighted by Gasteiger charge is 2.32. The molecule has 9 nitrogen and oxygen atoms in total. The van der Waals surface area contributed by atoms with E-state index in [-0.39, 0.29) is 17.8 Å². The number of rotatable bonds is 5. The number of fused-ring (bicyclic) bond motifs is 1. The third kappa shape index (κ3) is 4.06. The molecule has 3 heterocycles. The molecule has 1 saturated heterocycles. The van der Waals surface area contributed by atoms with Gasteiger partial charge in [-0.05, 0) is 25.7 Å². The van der Waals surface area contributed by atoms with Crippen LogP contribution in [0.3, 0.4) is 0 Å². The Morgan fingerprint density at radius 3 is 2.66 bits per heavy atom. The van der Waals surface area contributed by atoms with E-state index in [9.17, 15) is 13.7 Å². The molecule has 2 aliphatic heterocycles.